The summed E-state index contributed by atoms with van der Waals surface area (Å²) in [4.78, 5) is 45.2. The minimum Gasteiger partial charge on any atom is -0.293 e. The predicted molar refractivity (Wildman–Crippen MR) is 143 cm³/mol. The van der Waals surface area contributed by atoms with Crippen molar-refractivity contribution in [2.75, 3.05) is 0 Å². The summed E-state index contributed by atoms with van der Waals surface area (Å²) in [6, 6.07) is 25.6. The molecule has 0 aliphatic rings. The summed E-state index contributed by atoms with van der Waals surface area (Å²) in [5.74, 6) is -0.310. The predicted octanol–water partition coefficient (Wildman–Crippen LogP) is 4.55. The number of rotatable bonds is 6. The van der Waals surface area contributed by atoms with E-state index in [0.29, 0.717) is 33.1 Å². The van der Waals surface area contributed by atoms with Crippen molar-refractivity contribution >= 4 is 28.4 Å². The summed E-state index contributed by atoms with van der Waals surface area (Å²) in [5.41, 5.74) is 2.02. The molecule has 0 saturated carbocycles. The lowest BCUT2D eigenvalue weighted by Crippen LogP contribution is -2.27. The summed E-state index contributed by atoms with van der Waals surface area (Å²) >= 11 is 1.17. The highest BCUT2D eigenvalue weighted by molar-refractivity contribution is 8.00. The van der Waals surface area contributed by atoms with Gasteiger partial charge in [-0.2, -0.15) is 0 Å². The van der Waals surface area contributed by atoms with Gasteiger partial charge < -0.3 is 0 Å². The second-order valence-electron chi connectivity index (χ2n) is 8.45. The number of ketones is 1. The third-order valence-corrected chi connectivity index (χ3v) is 7.26. The van der Waals surface area contributed by atoms with Crippen molar-refractivity contribution in [2.24, 2.45) is 7.05 Å². The lowest BCUT2D eigenvalue weighted by atomic mass is 10.1. The summed E-state index contributed by atoms with van der Waals surface area (Å²) in [7, 11) is 1.76. The zero-order valence-corrected chi connectivity index (χ0v) is 20.9. The second-order valence-corrected chi connectivity index (χ2v) is 9.76. The molecule has 0 fully saturated rings. The molecule has 2 aromatic heterocycles. The van der Waals surface area contributed by atoms with E-state index in [1.807, 2.05) is 66.7 Å². The molecule has 0 bridgehead atoms. The summed E-state index contributed by atoms with van der Waals surface area (Å²) in [6.07, 6.45) is 0. The number of hydrogen-bond donors (Lipinski definition) is 0. The van der Waals surface area contributed by atoms with E-state index in [-0.39, 0.29) is 22.5 Å². The number of carbonyl (C=O) groups excluding carboxylic acids is 1. The molecular formula is C28H24N4O3S. The highest BCUT2D eigenvalue weighted by Gasteiger charge is 2.28. The van der Waals surface area contributed by atoms with Gasteiger partial charge in [0.2, 0.25) is 0 Å². The molecule has 36 heavy (non-hydrogen) atoms. The van der Waals surface area contributed by atoms with Gasteiger partial charge in [0.15, 0.2) is 10.9 Å². The van der Waals surface area contributed by atoms with Gasteiger partial charge in [0.1, 0.15) is 5.56 Å². The number of fused-ring (bicyclic) bond motifs is 1. The summed E-state index contributed by atoms with van der Waals surface area (Å²) < 4.78 is 4.71. The fourth-order valence-electron chi connectivity index (χ4n) is 4.26. The molecule has 0 N–H and O–H groups in total. The van der Waals surface area contributed by atoms with Gasteiger partial charge in [0.25, 0.3) is 11.1 Å². The maximum absolute atomic E-state index is 13.6. The van der Waals surface area contributed by atoms with Crippen molar-refractivity contribution in [3.63, 3.8) is 0 Å². The Bertz CT molecular complexity index is 1700. The Kier molecular flexibility index (Phi) is 6.20. The Labute approximate surface area is 211 Å². The molecule has 8 heteroatoms. The fourth-order valence-corrected chi connectivity index (χ4v) is 5.25. The van der Waals surface area contributed by atoms with Gasteiger partial charge in [0.05, 0.1) is 27.5 Å². The van der Waals surface area contributed by atoms with Crippen LogP contribution >= 0.6 is 11.8 Å². The largest absolute Gasteiger partial charge is 0.293 e. The second kappa shape index (κ2) is 9.47. The van der Waals surface area contributed by atoms with Gasteiger partial charge >= 0.3 is 0 Å². The molecule has 0 aliphatic carbocycles. The van der Waals surface area contributed by atoms with Crippen LogP contribution in [-0.2, 0) is 7.05 Å². The van der Waals surface area contributed by atoms with E-state index >= 15 is 0 Å². The summed E-state index contributed by atoms with van der Waals surface area (Å²) in [6.45, 7) is 3.50. The minimum absolute atomic E-state index is 0.135. The molecule has 0 spiro atoms. The third-order valence-electron chi connectivity index (χ3n) is 6.21. The van der Waals surface area contributed by atoms with Gasteiger partial charge in [-0.3, -0.25) is 23.6 Å². The fraction of sp³-hybridized carbons (Fsp3) is 0.143. The van der Waals surface area contributed by atoms with Crippen molar-refractivity contribution in [3.8, 4) is 11.4 Å². The molecule has 5 rings (SSSR count). The van der Waals surface area contributed by atoms with Gasteiger partial charge in [-0.1, -0.05) is 60.3 Å². The van der Waals surface area contributed by atoms with Crippen molar-refractivity contribution in [2.45, 2.75) is 24.3 Å². The first-order chi connectivity index (χ1) is 17.4. The minimum atomic E-state index is -0.661. The van der Waals surface area contributed by atoms with E-state index in [4.69, 9.17) is 4.98 Å². The first kappa shape index (κ1) is 23.6. The molecule has 1 atom stereocenters. The van der Waals surface area contributed by atoms with E-state index < -0.39 is 5.25 Å². The highest BCUT2D eigenvalue weighted by Crippen LogP contribution is 2.27. The van der Waals surface area contributed by atoms with Crippen LogP contribution in [0.2, 0.25) is 0 Å². The maximum atomic E-state index is 13.6. The molecule has 0 amide bonds. The Morgan fingerprint density at radius 3 is 2.08 bits per heavy atom. The van der Waals surface area contributed by atoms with Gasteiger partial charge in [-0.15, -0.1) is 0 Å². The molecule has 3 aromatic carbocycles. The van der Waals surface area contributed by atoms with Crippen molar-refractivity contribution in [3.05, 3.63) is 117 Å². The zero-order valence-electron chi connectivity index (χ0n) is 20.1. The maximum Gasteiger partial charge on any atom is 0.282 e. The van der Waals surface area contributed by atoms with Crippen LogP contribution in [0.25, 0.3) is 22.3 Å². The van der Waals surface area contributed by atoms with Crippen LogP contribution in [0.3, 0.4) is 0 Å². The quantitative estimate of drug-likeness (QED) is 0.196. The van der Waals surface area contributed by atoms with Crippen LogP contribution < -0.4 is 11.1 Å². The number of para-hydroxylation sites is 3. The van der Waals surface area contributed by atoms with Crippen LogP contribution in [0.5, 0.6) is 0 Å². The van der Waals surface area contributed by atoms with E-state index in [2.05, 4.69) is 0 Å². The van der Waals surface area contributed by atoms with Crippen molar-refractivity contribution in [1.82, 2.24) is 18.9 Å². The molecule has 0 aliphatic heterocycles. The van der Waals surface area contributed by atoms with E-state index in [1.54, 1.807) is 43.8 Å². The van der Waals surface area contributed by atoms with Crippen LogP contribution in [0, 0.1) is 6.92 Å². The average Bonchev–Trinajstić information content (AvgIpc) is 3.12. The lowest BCUT2D eigenvalue weighted by Gasteiger charge is -2.15. The number of aromatic nitrogens is 4. The Morgan fingerprint density at radius 1 is 0.833 bits per heavy atom. The van der Waals surface area contributed by atoms with Crippen LogP contribution in [0.1, 0.15) is 23.0 Å². The first-order valence-corrected chi connectivity index (χ1v) is 12.4. The molecule has 180 valence electrons. The van der Waals surface area contributed by atoms with E-state index in [9.17, 15) is 14.4 Å². The summed E-state index contributed by atoms with van der Waals surface area (Å²) in [5, 5.41) is 0.225. The van der Waals surface area contributed by atoms with E-state index in [1.165, 1.54) is 21.0 Å². The monoisotopic (exact) mass is 496 g/mol. The Morgan fingerprint density at radius 2 is 1.42 bits per heavy atom. The van der Waals surface area contributed by atoms with Gasteiger partial charge in [0, 0.05) is 12.7 Å². The lowest BCUT2D eigenvalue weighted by molar-refractivity contribution is 0.0992. The average molecular weight is 497 g/mol. The molecule has 5 aromatic rings. The third kappa shape index (κ3) is 3.99. The number of hydrogen-bond acceptors (Lipinski definition) is 5. The number of carbonyl (C=O) groups is 1. The number of benzene rings is 3. The van der Waals surface area contributed by atoms with Crippen LogP contribution in [0.15, 0.2) is 99.7 Å². The van der Waals surface area contributed by atoms with Crippen LogP contribution in [0.4, 0.5) is 0 Å². The molecule has 0 radical (unpaired) electrons. The molecule has 7 nitrogen and oxygen atoms in total. The first-order valence-electron chi connectivity index (χ1n) is 11.5. The standard InChI is InChI=1S/C28H24N4O3S/c1-18-24(27(35)32(30(18)3)21-14-8-5-9-15-21)25(33)19(2)36-28-29-23-17-11-10-16-22(23)26(34)31(28)20-12-6-4-7-13-20/h4-17,19H,1-3H3. The number of thioether (sulfide) groups is 1. The zero-order chi connectivity index (χ0) is 25.4. The van der Waals surface area contributed by atoms with E-state index in [0.717, 1.165) is 0 Å². The normalized spacial score (nSPS) is 12.1. The van der Waals surface area contributed by atoms with Gasteiger partial charge in [-0.05, 0) is 50.2 Å². The smallest absolute Gasteiger partial charge is 0.282 e. The Hall–Kier alpha value is -4.17. The highest BCUT2D eigenvalue weighted by atomic mass is 32.2. The number of Topliss-reactive ketones (excluding diaryl/α,β-unsaturated/α-hetero) is 1. The Balaban J connectivity index is 1.59. The topological polar surface area (TPSA) is 78.9 Å². The molecule has 2 heterocycles. The van der Waals surface area contributed by atoms with Gasteiger partial charge in [-0.25, -0.2) is 9.67 Å². The number of nitrogens with zero attached hydrogens (tertiary/aromatic N) is 4. The van der Waals surface area contributed by atoms with Crippen molar-refractivity contribution < 1.29 is 4.79 Å². The molecular weight excluding hydrogens is 472 g/mol. The molecule has 1 unspecified atom stereocenters. The molecule has 0 saturated heterocycles. The van der Waals surface area contributed by atoms with Crippen LogP contribution in [-0.4, -0.2) is 29.9 Å². The SMILES string of the molecule is Cc1c(C(=O)C(C)Sc2nc3ccccc3c(=O)n2-c2ccccc2)c(=O)n(-c2ccccc2)n1C. The van der Waals surface area contributed by atoms with Crippen molar-refractivity contribution in [1.29, 1.82) is 0 Å².